The van der Waals surface area contributed by atoms with Crippen LogP contribution >= 0.6 is 0 Å². The summed E-state index contributed by atoms with van der Waals surface area (Å²) in [6.45, 7) is 0.102. The summed E-state index contributed by atoms with van der Waals surface area (Å²) in [4.78, 5) is 12.2. The van der Waals surface area contributed by atoms with E-state index in [2.05, 4.69) is 5.32 Å². The Balaban J connectivity index is 1.67. The lowest BCUT2D eigenvalue weighted by molar-refractivity contribution is -0.116. The Hall–Kier alpha value is -3.34. The number of fused-ring (bicyclic) bond motifs is 1. The predicted molar refractivity (Wildman–Crippen MR) is 100 cm³/mol. The number of hydrogen-bond donors (Lipinski definition) is 2. The minimum absolute atomic E-state index is 0.0961. The Kier molecular flexibility index (Phi) is 4.50. The van der Waals surface area contributed by atoms with E-state index in [1.165, 1.54) is 6.07 Å². The molecule has 27 heavy (non-hydrogen) atoms. The topological polar surface area (TPSA) is 58.6 Å². The summed E-state index contributed by atoms with van der Waals surface area (Å²) < 4.78 is 19.8. The molecule has 3 aromatic rings. The first-order valence-corrected chi connectivity index (χ1v) is 8.69. The molecule has 1 aliphatic rings. The maximum atomic E-state index is 13.9. The van der Waals surface area contributed by atoms with Gasteiger partial charge in [-0.25, -0.2) is 4.39 Å². The number of carbonyl (C=O) groups excluding carboxylic acids is 1. The van der Waals surface area contributed by atoms with E-state index in [0.29, 0.717) is 17.0 Å². The lowest BCUT2D eigenvalue weighted by Crippen LogP contribution is -2.23. The number of phenols is 1. The molecule has 0 fully saturated rings. The van der Waals surface area contributed by atoms with Crippen molar-refractivity contribution in [2.45, 2.75) is 18.9 Å². The molecule has 0 aromatic heterocycles. The molecule has 4 nitrogen and oxygen atoms in total. The number of amides is 1. The van der Waals surface area contributed by atoms with Crippen LogP contribution in [0.3, 0.4) is 0 Å². The Morgan fingerprint density at radius 3 is 2.67 bits per heavy atom. The van der Waals surface area contributed by atoms with Crippen molar-refractivity contribution < 1.29 is 19.0 Å². The molecule has 0 saturated carbocycles. The van der Waals surface area contributed by atoms with Gasteiger partial charge in [-0.15, -0.1) is 0 Å². The van der Waals surface area contributed by atoms with Crippen molar-refractivity contribution in [1.82, 2.24) is 0 Å². The highest BCUT2D eigenvalue weighted by Gasteiger charge is 2.28. The first-order valence-electron chi connectivity index (χ1n) is 8.69. The summed E-state index contributed by atoms with van der Waals surface area (Å²) in [6.07, 6.45) is 0.276. The zero-order valence-corrected chi connectivity index (χ0v) is 14.5. The van der Waals surface area contributed by atoms with E-state index in [1.807, 2.05) is 30.3 Å². The first kappa shape index (κ1) is 17.1. The highest BCUT2D eigenvalue weighted by Crippen LogP contribution is 2.41. The standard InChI is InChI=1S/C22H18FNO3/c23-19-7-3-1-5-14(19)13-27-21-8-4-2-6-17(21)18-12-22(26)24-20-11-15(25)9-10-16(18)20/h1-11,18,25H,12-13H2,(H,24,26)/t18-/m0/s1. The van der Waals surface area contributed by atoms with Gasteiger partial charge < -0.3 is 15.2 Å². The quantitative estimate of drug-likeness (QED) is 0.713. The Morgan fingerprint density at radius 1 is 1.04 bits per heavy atom. The van der Waals surface area contributed by atoms with Crippen LogP contribution in [-0.2, 0) is 11.4 Å². The number of nitrogens with one attached hydrogen (secondary N) is 1. The van der Waals surface area contributed by atoms with Gasteiger partial charge in [-0.1, -0.05) is 42.5 Å². The van der Waals surface area contributed by atoms with Gasteiger partial charge in [0.1, 0.15) is 23.9 Å². The van der Waals surface area contributed by atoms with Crippen LogP contribution in [0.5, 0.6) is 11.5 Å². The summed E-state index contributed by atoms with van der Waals surface area (Å²) in [6, 6.07) is 18.9. The fourth-order valence-corrected chi connectivity index (χ4v) is 3.40. The van der Waals surface area contributed by atoms with Gasteiger partial charge in [0.25, 0.3) is 0 Å². The SMILES string of the molecule is O=C1C[C@H](c2ccccc2OCc2ccccc2F)c2ccc(O)cc2N1. The predicted octanol–water partition coefficient (Wildman–Crippen LogP) is 4.58. The lowest BCUT2D eigenvalue weighted by atomic mass is 9.84. The van der Waals surface area contributed by atoms with E-state index in [1.54, 1.807) is 30.3 Å². The van der Waals surface area contributed by atoms with Crippen LogP contribution in [0.1, 0.15) is 29.0 Å². The van der Waals surface area contributed by atoms with Gasteiger partial charge in [-0.2, -0.15) is 0 Å². The molecule has 5 heteroatoms. The van der Waals surface area contributed by atoms with Gasteiger partial charge in [-0.05, 0) is 23.8 Å². The third kappa shape index (κ3) is 3.49. The second-order valence-electron chi connectivity index (χ2n) is 6.49. The number of benzene rings is 3. The van der Waals surface area contributed by atoms with Crippen LogP contribution in [0.4, 0.5) is 10.1 Å². The molecule has 4 rings (SSSR count). The first-order chi connectivity index (χ1) is 13.1. The zero-order valence-electron chi connectivity index (χ0n) is 14.5. The maximum absolute atomic E-state index is 13.9. The van der Waals surface area contributed by atoms with Crippen molar-refractivity contribution in [2.75, 3.05) is 5.32 Å². The molecule has 0 aliphatic carbocycles. The van der Waals surface area contributed by atoms with E-state index in [4.69, 9.17) is 4.74 Å². The average molecular weight is 363 g/mol. The molecule has 0 unspecified atom stereocenters. The maximum Gasteiger partial charge on any atom is 0.225 e. The summed E-state index contributed by atoms with van der Waals surface area (Å²) >= 11 is 0. The largest absolute Gasteiger partial charge is 0.508 e. The number of carbonyl (C=O) groups is 1. The van der Waals surface area contributed by atoms with E-state index in [-0.39, 0.29) is 36.4 Å². The Labute approximate surface area is 156 Å². The number of anilines is 1. The normalized spacial score (nSPS) is 15.7. The molecule has 1 amide bonds. The molecular formula is C22H18FNO3. The molecule has 2 N–H and O–H groups in total. The molecule has 0 spiro atoms. The number of hydrogen-bond acceptors (Lipinski definition) is 3. The molecule has 3 aromatic carbocycles. The van der Waals surface area contributed by atoms with Crippen LogP contribution in [0.2, 0.25) is 0 Å². The van der Waals surface area contributed by atoms with E-state index in [0.717, 1.165) is 11.1 Å². The van der Waals surface area contributed by atoms with Crippen LogP contribution in [-0.4, -0.2) is 11.0 Å². The third-order valence-corrected chi connectivity index (χ3v) is 4.71. The summed E-state index contributed by atoms with van der Waals surface area (Å²) in [5.74, 6) is 0.0688. The minimum Gasteiger partial charge on any atom is -0.508 e. The van der Waals surface area contributed by atoms with Crippen molar-refractivity contribution in [1.29, 1.82) is 0 Å². The second kappa shape index (κ2) is 7.11. The lowest BCUT2D eigenvalue weighted by Gasteiger charge is -2.27. The molecule has 136 valence electrons. The van der Waals surface area contributed by atoms with E-state index >= 15 is 0 Å². The third-order valence-electron chi connectivity index (χ3n) is 4.71. The van der Waals surface area contributed by atoms with E-state index < -0.39 is 0 Å². The summed E-state index contributed by atoms with van der Waals surface area (Å²) in [5.41, 5.74) is 2.84. The smallest absolute Gasteiger partial charge is 0.225 e. The molecule has 1 atom stereocenters. The van der Waals surface area contributed by atoms with Crippen molar-refractivity contribution in [2.24, 2.45) is 0 Å². The number of rotatable bonds is 4. The highest BCUT2D eigenvalue weighted by atomic mass is 19.1. The Morgan fingerprint density at radius 2 is 1.81 bits per heavy atom. The van der Waals surface area contributed by atoms with Crippen LogP contribution in [0.15, 0.2) is 66.7 Å². The monoisotopic (exact) mass is 363 g/mol. The molecule has 1 aliphatic heterocycles. The zero-order chi connectivity index (χ0) is 18.8. The number of phenolic OH excluding ortho intramolecular Hbond substituents is 1. The highest BCUT2D eigenvalue weighted by molar-refractivity contribution is 5.95. The van der Waals surface area contributed by atoms with E-state index in [9.17, 15) is 14.3 Å². The Bertz CT molecular complexity index is 1000. The molecular weight excluding hydrogens is 345 g/mol. The number of para-hydroxylation sites is 1. The van der Waals surface area contributed by atoms with Crippen molar-refractivity contribution in [3.63, 3.8) is 0 Å². The molecule has 0 radical (unpaired) electrons. The van der Waals surface area contributed by atoms with Crippen LogP contribution in [0, 0.1) is 5.82 Å². The minimum atomic E-state index is -0.312. The van der Waals surface area contributed by atoms with Crippen molar-refractivity contribution in [3.8, 4) is 11.5 Å². The van der Waals surface area contributed by atoms with Gasteiger partial charge in [0.2, 0.25) is 5.91 Å². The van der Waals surface area contributed by atoms with Gasteiger partial charge in [-0.3, -0.25) is 4.79 Å². The van der Waals surface area contributed by atoms with Crippen molar-refractivity contribution >= 4 is 11.6 Å². The van der Waals surface area contributed by atoms with Crippen molar-refractivity contribution in [3.05, 3.63) is 89.2 Å². The molecule has 0 saturated heterocycles. The average Bonchev–Trinajstić information content (AvgIpc) is 2.66. The number of ether oxygens (including phenoxy) is 1. The molecule has 0 bridgehead atoms. The van der Waals surface area contributed by atoms with Gasteiger partial charge in [0.15, 0.2) is 0 Å². The summed E-state index contributed by atoms with van der Waals surface area (Å²) in [5, 5.41) is 12.5. The fourth-order valence-electron chi connectivity index (χ4n) is 3.40. The fraction of sp³-hybridized carbons (Fsp3) is 0.136. The number of halogens is 1. The van der Waals surface area contributed by atoms with Gasteiger partial charge in [0, 0.05) is 35.2 Å². The number of aromatic hydroxyl groups is 1. The van der Waals surface area contributed by atoms with Crippen LogP contribution < -0.4 is 10.1 Å². The van der Waals surface area contributed by atoms with Gasteiger partial charge in [0.05, 0.1) is 0 Å². The van der Waals surface area contributed by atoms with Gasteiger partial charge >= 0.3 is 0 Å². The summed E-state index contributed by atoms with van der Waals surface area (Å²) in [7, 11) is 0. The second-order valence-corrected chi connectivity index (χ2v) is 6.49. The molecule has 1 heterocycles. The van der Waals surface area contributed by atoms with Crippen LogP contribution in [0.25, 0.3) is 0 Å².